The minimum absolute atomic E-state index is 0.000550. The van der Waals surface area contributed by atoms with E-state index in [2.05, 4.69) is 25.8 Å². The Balaban J connectivity index is 1.54. The van der Waals surface area contributed by atoms with Crippen LogP contribution in [0, 0.1) is 12.3 Å². The van der Waals surface area contributed by atoms with Crippen molar-refractivity contribution in [3.63, 3.8) is 0 Å². The number of fused-ring (bicyclic) bond motifs is 1. The molecule has 0 atom stereocenters. The maximum atomic E-state index is 12.8. The molecule has 4 rings (SSSR count). The summed E-state index contributed by atoms with van der Waals surface area (Å²) < 4.78 is 7.02. The second-order valence-corrected chi connectivity index (χ2v) is 11.0. The molecule has 0 saturated heterocycles. The molecule has 0 radical (unpaired) electrons. The third-order valence-corrected chi connectivity index (χ3v) is 6.51. The molecule has 0 aliphatic carbocycles. The van der Waals surface area contributed by atoms with E-state index in [-0.39, 0.29) is 17.9 Å². The van der Waals surface area contributed by atoms with Crippen molar-refractivity contribution in [1.82, 2.24) is 19.7 Å². The van der Waals surface area contributed by atoms with Crippen LogP contribution in [0.5, 0.6) is 0 Å². The van der Waals surface area contributed by atoms with Gasteiger partial charge in [-0.2, -0.15) is 4.98 Å². The summed E-state index contributed by atoms with van der Waals surface area (Å²) in [4.78, 5) is 36.7. The first-order valence-electron chi connectivity index (χ1n) is 11.9. The Labute approximate surface area is 218 Å². The highest BCUT2D eigenvalue weighted by atomic mass is 32.1. The SMILES string of the molecule is Cc1noc(-c2ccc(NC(=O)Nc3nc4cc(N(C)C(=O)CC(C)(C)C)ccc4n3CCCO)s2)n1. The number of urea groups is 1. The van der Waals surface area contributed by atoms with Crippen LogP contribution in [0.4, 0.5) is 21.4 Å². The number of carbonyl (C=O) groups is 2. The van der Waals surface area contributed by atoms with E-state index in [0.717, 1.165) is 10.4 Å². The standard InChI is InChI=1S/C25H31N7O4S/c1-15-26-22(36-30-15)19-9-10-20(37-19)28-24(35)29-23-27-17-13-16(31(5)21(34)14-25(2,3)4)7-8-18(17)32(23)11-6-12-33/h7-10,13,33H,6,11-12,14H2,1-5H3,(H2,27,28,29,35). The number of aliphatic hydroxyl groups excluding tert-OH is 1. The summed E-state index contributed by atoms with van der Waals surface area (Å²) in [5, 5.41) is 19.4. The number of aryl methyl sites for hydroxylation is 2. The fourth-order valence-electron chi connectivity index (χ4n) is 3.76. The first kappa shape index (κ1) is 26.3. The third kappa shape index (κ3) is 6.33. The Kier molecular flexibility index (Phi) is 7.60. The lowest BCUT2D eigenvalue weighted by molar-refractivity contribution is -0.120. The third-order valence-electron chi connectivity index (χ3n) is 5.52. The zero-order valence-electron chi connectivity index (χ0n) is 21.5. The number of thiophene rings is 1. The number of nitrogens with zero attached hydrogens (tertiary/aromatic N) is 5. The lowest BCUT2D eigenvalue weighted by atomic mass is 9.91. The molecule has 0 aliphatic heterocycles. The van der Waals surface area contributed by atoms with Gasteiger partial charge in [-0.1, -0.05) is 25.9 Å². The molecule has 3 aromatic heterocycles. The molecule has 37 heavy (non-hydrogen) atoms. The van der Waals surface area contributed by atoms with Gasteiger partial charge in [-0.15, -0.1) is 11.3 Å². The number of nitrogens with one attached hydrogen (secondary N) is 2. The molecule has 196 valence electrons. The Bertz CT molecular complexity index is 1420. The number of amides is 3. The lowest BCUT2D eigenvalue weighted by Crippen LogP contribution is -2.29. The van der Waals surface area contributed by atoms with Gasteiger partial charge in [0.15, 0.2) is 5.82 Å². The van der Waals surface area contributed by atoms with Crippen LogP contribution in [0.1, 0.15) is 39.4 Å². The lowest BCUT2D eigenvalue weighted by Gasteiger charge is -2.23. The summed E-state index contributed by atoms with van der Waals surface area (Å²) in [6.45, 7) is 8.27. The van der Waals surface area contributed by atoms with Gasteiger partial charge < -0.3 is 19.1 Å². The highest BCUT2D eigenvalue weighted by Gasteiger charge is 2.21. The van der Waals surface area contributed by atoms with Crippen molar-refractivity contribution >= 4 is 50.9 Å². The van der Waals surface area contributed by atoms with Gasteiger partial charge in [0.05, 0.1) is 20.9 Å². The van der Waals surface area contributed by atoms with Crippen LogP contribution in [0.3, 0.4) is 0 Å². The number of hydrogen-bond donors (Lipinski definition) is 3. The summed E-state index contributed by atoms with van der Waals surface area (Å²) in [5.74, 6) is 1.27. The second kappa shape index (κ2) is 10.7. The fourth-order valence-corrected chi connectivity index (χ4v) is 4.58. The zero-order chi connectivity index (χ0) is 26.7. The van der Waals surface area contributed by atoms with Gasteiger partial charge in [0.1, 0.15) is 0 Å². The van der Waals surface area contributed by atoms with E-state index in [1.807, 2.05) is 43.5 Å². The Hall–Kier alpha value is -3.77. The van der Waals surface area contributed by atoms with E-state index in [9.17, 15) is 14.7 Å². The fraction of sp³-hybridized carbons (Fsp3) is 0.400. The summed E-state index contributed by atoms with van der Waals surface area (Å²) in [5.41, 5.74) is 2.01. The van der Waals surface area contributed by atoms with Crippen molar-refractivity contribution < 1.29 is 19.2 Å². The van der Waals surface area contributed by atoms with Crippen molar-refractivity contribution in [1.29, 1.82) is 0 Å². The maximum absolute atomic E-state index is 12.8. The maximum Gasteiger partial charge on any atom is 0.326 e. The summed E-state index contributed by atoms with van der Waals surface area (Å²) in [6, 6.07) is 8.64. The molecule has 12 heteroatoms. The molecule has 4 aromatic rings. The number of hydrogen-bond acceptors (Lipinski definition) is 8. The average molecular weight is 526 g/mol. The van der Waals surface area contributed by atoms with E-state index in [1.165, 1.54) is 11.3 Å². The summed E-state index contributed by atoms with van der Waals surface area (Å²) in [6.07, 6.45) is 0.904. The highest BCUT2D eigenvalue weighted by molar-refractivity contribution is 7.19. The number of benzene rings is 1. The molecule has 3 heterocycles. The Morgan fingerprint density at radius 3 is 2.62 bits per heavy atom. The monoisotopic (exact) mass is 525 g/mol. The molecule has 3 N–H and O–H groups in total. The largest absolute Gasteiger partial charge is 0.396 e. The number of aliphatic hydroxyl groups is 1. The average Bonchev–Trinajstić information content (AvgIpc) is 3.54. The Morgan fingerprint density at radius 1 is 1.16 bits per heavy atom. The van der Waals surface area contributed by atoms with Crippen LogP contribution >= 0.6 is 11.3 Å². The van der Waals surface area contributed by atoms with Crippen LogP contribution in [-0.4, -0.2) is 50.4 Å². The molecule has 0 bridgehead atoms. The first-order chi connectivity index (χ1) is 17.5. The summed E-state index contributed by atoms with van der Waals surface area (Å²) in [7, 11) is 1.75. The van der Waals surface area contributed by atoms with Crippen molar-refractivity contribution in [2.75, 3.05) is 29.2 Å². The van der Waals surface area contributed by atoms with Crippen molar-refractivity contribution in [3.05, 3.63) is 36.2 Å². The molecule has 0 fully saturated rings. The smallest absolute Gasteiger partial charge is 0.326 e. The summed E-state index contributed by atoms with van der Waals surface area (Å²) >= 11 is 1.31. The van der Waals surface area contributed by atoms with Crippen LogP contribution in [-0.2, 0) is 11.3 Å². The molecule has 0 spiro atoms. The molecular formula is C25H31N7O4S. The van der Waals surface area contributed by atoms with E-state index < -0.39 is 6.03 Å². The van der Waals surface area contributed by atoms with E-state index in [0.29, 0.717) is 53.3 Å². The molecule has 1 aromatic carbocycles. The van der Waals surface area contributed by atoms with Crippen LogP contribution < -0.4 is 15.5 Å². The topological polar surface area (TPSA) is 138 Å². The molecule has 0 saturated carbocycles. The quantitative estimate of drug-likeness (QED) is 0.298. The number of rotatable bonds is 8. The van der Waals surface area contributed by atoms with Gasteiger partial charge in [0.2, 0.25) is 11.9 Å². The van der Waals surface area contributed by atoms with Gasteiger partial charge in [0.25, 0.3) is 5.89 Å². The van der Waals surface area contributed by atoms with Crippen molar-refractivity contribution in [3.8, 4) is 10.8 Å². The second-order valence-electron chi connectivity index (χ2n) is 9.92. The van der Waals surface area contributed by atoms with Gasteiger partial charge in [-0.05, 0) is 49.1 Å². The molecule has 11 nitrogen and oxygen atoms in total. The predicted octanol–water partition coefficient (Wildman–Crippen LogP) is 4.88. The van der Waals surface area contributed by atoms with E-state index in [4.69, 9.17) is 4.52 Å². The highest BCUT2D eigenvalue weighted by Crippen LogP contribution is 2.31. The van der Waals surface area contributed by atoms with Crippen LogP contribution in [0.25, 0.3) is 21.8 Å². The van der Waals surface area contributed by atoms with Gasteiger partial charge in [-0.25, -0.2) is 9.78 Å². The van der Waals surface area contributed by atoms with Crippen molar-refractivity contribution in [2.24, 2.45) is 5.41 Å². The van der Waals surface area contributed by atoms with Crippen molar-refractivity contribution in [2.45, 2.75) is 47.1 Å². The Morgan fingerprint density at radius 2 is 1.95 bits per heavy atom. The molecule has 0 aliphatic rings. The zero-order valence-corrected chi connectivity index (χ0v) is 22.3. The molecular weight excluding hydrogens is 494 g/mol. The van der Waals surface area contributed by atoms with Gasteiger partial charge in [-0.3, -0.25) is 15.4 Å². The minimum Gasteiger partial charge on any atom is -0.396 e. The molecule has 3 amide bonds. The number of imidazole rings is 1. The van der Waals surface area contributed by atoms with Gasteiger partial charge in [0, 0.05) is 32.3 Å². The van der Waals surface area contributed by atoms with Crippen LogP contribution in [0.15, 0.2) is 34.9 Å². The number of aromatic nitrogens is 4. The molecule has 0 unspecified atom stereocenters. The van der Waals surface area contributed by atoms with E-state index in [1.54, 1.807) is 31.0 Å². The van der Waals surface area contributed by atoms with Crippen LogP contribution in [0.2, 0.25) is 0 Å². The number of carbonyl (C=O) groups excluding carboxylic acids is 2. The first-order valence-corrected chi connectivity index (χ1v) is 12.7. The predicted molar refractivity (Wildman–Crippen MR) is 144 cm³/mol. The normalized spacial score (nSPS) is 11.6. The number of anilines is 3. The van der Waals surface area contributed by atoms with Gasteiger partial charge >= 0.3 is 6.03 Å². The van der Waals surface area contributed by atoms with E-state index >= 15 is 0 Å². The minimum atomic E-state index is -0.464.